The Hall–Kier alpha value is -2.36. The summed E-state index contributed by atoms with van der Waals surface area (Å²) in [6.07, 6.45) is 4.08. The van der Waals surface area contributed by atoms with Crippen molar-refractivity contribution in [3.8, 4) is 5.75 Å². The van der Waals surface area contributed by atoms with Gasteiger partial charge in [-0.1, -0.05) is 18.5 Å². The summed E-state index contributed by atoms with van der Waals surface area (Å²) in [6, 6.07) is 8.34. The lowest BCUT2D eigenvalue weighted by Gasteiger charge is -2.35. The number of benzene rings is 1. The number of pyridine rings is 1. The van der Waals surface area contributed by atoms with Crippen LogP contribution >= 0.6 is 11.6 Å². The molecule has 0 unspecified atom stereocenters. The number of carbonyl (C=O) groups is 1. The molecular weight excluding hydrogens is 476 g/mol. The van der Waals surface area contributed by atoms with Crippen molar-refractivity contribution in [2.24, 2.45) is 0 Å². The summed E-state index contributed by atoms with van der Waals surface area (Å²) in [4.78, 5) is 18.9. The molecule has 0 saturated carbocycles. The van der Waals surface area contributed by atoms with Gasteiger partial charge < -0.3 is 15.0 Å². The molecule has 34 heavy (non-hydrogen) atoms. The number of nitrogens with zero attached hydrogens (tertiary/aromatic N) is 2. The fourth-order valence-corrected chi connectivity index (χ4v) is 4.58. The first kappa shape index (κ1) is 27.9. The molecular formula is C24H35ClN4O4S. The van der Waals surface area contributed by atoms with Crippen LogP contribution in [0, 0.1) is 0 Å². The lowest BCUT2D eigenvalue weighted by Crippen LogP contribution is -2.52. The minimum absolute atomic E-state index is 0.0289. The maximum Gasteiger partial charge on any atom is 0.254 e. The van der Waals surface area contributed by atoms with E-state index < -0.39 is 14.8 Å². The largest absolute Gasteiger partial charge is 0.492 e. The molecule has 0 bridgehead atoms. The van der Waals surface area contributed by atoms with Gasteiger partial charge in [-0.3, -0.25) is 9.78 Å². The Morgan fingerprint density at radius 1 is 1.18 bits per heavy atom. The Balaban J connectivity index is 2.12. The fourth-order valence-electron chi connectivity index (χ4n) is 3.19. The van der Waals surface area contributed by atoms with Crippen molar-refractivity contribution >= 4 is 33.2 Å². The highest BCUT2D eigenvalue weighted by atomic mass is 35.5. The monoisotopic (exact) mass is 510 g/mol. The van der Waals surface area contributed by atoms with Gasteiger partial charge in [0.25, 0.3) is 5.91 Å². The lowest BCUT2D eigenvalue weighted by molar-refractivity contribution is 0.0689. The molecule has 0 aliphatic heterocycles. The third-order valence-electron chi connectivity index (χ3n) is 5.20. The van der Waals surface area contributed by atoms with Crippen LogP contribution < -0.4 is 14.8 Å². The fraction of sp³-hybridized carbons (Fsp3) is 0.500. The maximum absolute atomic E-state index is 13.4. The number of carbonyl (C=O) groups excluding carboxylic acids is 1. The minimum Gasteiger partial charge on any atom is -0.492 e. The van der Waals surface area contributed by atoms with E-state index in [1.165, 1.54) is 0 Å². The molecule has 2 rings (SSSR count). The van der Waals surface area contributed by atoms with E-state index in [4.69, 9.17) is 16.3 Å². The molecule has 10 heteroatoms. The molecule has 0 atom stereocenters. The molecule has 2 aromatic rings. The molecule has 0 radical (unpaired) electrons. The van der Waals surface area contributed by atoms with Crippen LogP contribution in [0.1, 0.15) is 51.4 Å². The summed E-state index contributed by atoms with van der Waals surface area (Å²) >= 11 is 6.27. The highest BCUT2D eigenvalue weighted by Gasteiger charge is 2.38. The van der Waals surface area contributed by atoms with E-state index in [0.29, 0.717) is 42.5 Å². The third kappa shape index (κ3) is 7.85. The summed E-state index contributed by atoms with van der Waals surface area (Å²) in [6.45, 7) is 10.1. The first-order valence-electron chi connectivity index (χ1n) is 11.3. The second-order valence-corrected chi connectivity index (χ2v) is 11.7. The van der Waals surface area contributed by atoms with Gasteiger partial charge in [-0.15, -0.1) is 0 Å². The first-order chi connectivity index (χ1) is 16.0. The molecule has 0 spiro atoms. The number of aromatic nitrogens is 1. The molecule has 0 fully saturated rings. The number of halogens is 1. The highest BCUT2D eigenvalue weighted by molar-refractivity contribution is 7.90. The second-order valence-electron chi connectivity index (χ2n) is 8.87. The van der Waals surface area contributed by atoms with Crippen LogP contribution in [0.5, 0.6) is 5.75 Å². The first-order valence-corrected chi connectivity index (χ1v) is 13.2. The Labute approximate surface area is 208 Å². The van der Waals surface area contributed by atoms with E-state index >= 15 is 0 Å². The number of nitrogens with one attached hydrogen (secondary N) is 2. The van der Waals surface area contributed by atoms with E-state index in [2.05, 4.69) is 15.0 Å². The molecule has 2 N–H and O–H groups in total. The van der Waals surface area contributed by atoms with Crippen molar-refractivity contribution < 1.29 is 17.9 Å². The van der Waals surface area contributed by atoms with Crippen LogP contribution in [0.4, 0.5) is 5.69 Å². The summed E-state index contributed by atoms with van der Waals surface area (Å²) in [5, 5.41) is 3.58. The van der Waals surface area contributed by atoms with E-state index in [-0.39, 0.29) is 18.5 Å². The van der Waals surface area contributed by atoms with Gasteiger partial charge >= 0.3 is 0 Å². The van der Waals surface area contributed by atoms with Crippen LogP contribution in [-0.4, -0.2) is 61.2 Å². The van der Waals surface area contributed by atoms with Crippen LogP contribution in [0.15, 0.2) is 42.7 Å². The van der Waals surface area contributed by atoms with E-state index in [1.54, 1.807) is 49.3 Å². The number of anilines is 1. The summed E-state index contributed by atoms with van der Waals surface area (Å²) in [5.41, 5.74) is 1.27. The van der Waals surface area contributed by atoms with Gasteiger partial charge in [-0.25, -0.2) is 13.1 Å². The van der Waals surface area contributed by atoms with E-state index in [0.717, 1.165) is 5.69 Å². The number of amides is 1. The zero-order valence-corrected chi connectivity index (χ0v) is 22.0. The van der Waals surface area contributed by atoms with Crippen LogP contribution in [0.25, 0.3) is 0 Å². The molecule has 0 aliphatic carbocycles. The quantitative estimate of drug-likeness (QED) is 0.392. The molecule has 1 aromatic heterocycles. The maximum atomic E-state index is 13.4. The molecule has 0 saturated heterocycles. The highest BCUT2D eigenvalue weighted by Crippen LogP contribution is 2.25. The number of hydrogen-bond acceptors (Lipinski definition) is 6. The average Bonchev–Trinajstić information content (AvgIpc) is 2.78. The van der Waals surface area contributed by atoms with Gasteiger partial charge in [0.1, 0.15) is 12.4 Å². The van der Waals surface area contributed by atoms with Crippen LogP contribution in [0.2, 0.25) is 5.02 Å². The van der Waals surface area contributed by atoms with E-state index in [1.807, 2.05) is 32.9 Å². The summed E-state index contributed by atoms with van der Waals surface area (Å²) in [7, 11) is -3.63. The Kier molecular flexibility index (Phi) is 10.1. The summed E-state index contributed by atoms with van der Waals surface area (Å²) in [5.74, 6) is 0.156. The Bertz CT molecular complexity index is 1050. The Morgan fingerprint density at radius 3 is 2.47 bits per heavy atom. The van der Waals surface area contributed by atoms with Crippen molar-refractivity contribution in [1.29, 1.82) is 0 Å². The van der Waals surface area contributed by atoms with Crippen molar-refractivity contribution in [3.05, 3.63) is 53.3 Å². The number of rotatable bonds is 13. The van der Waals surface area contributed by atoms with Gasteiger partial charge in [-0.2, -0.15) is 0 Å². The van der Waals surface area contributed by atoms with Gasteiger partial charge in [0.05, 0.1) is 4.75 Å². The Morgan fingerprint density at radius 2 is 1.85 bits per heavy atom. The number of sulfonamides is 1. The molecule has 1 amide bonds. The molecule has 8 nitrogen and oxygen atoms in total. The van der Waals surface area contributed by atoms with Gasteiger partial charge in [0.15, 0.2) is 0 Å². The standard InChI is InChI=1S/C24H35ClN4O4S/c1-6-9-28-34(31,32)24(4,5)17-29(18(2)3)23(30)19-14-20(25)16-22(15-19)33-13-12-27-21-7-10-26-11-8-21/h7-8,10-11,14-16,18,28H,6,9,12-13,17H2,1-5H3,(H,26,27). The second kappa shape index (κ2) is 12.4. The minimum atomic E-state index is -3.63. The van der Waals surface area contributed by atoms with E-state index in [9.17, 15) is 13.2 Å². The number of hydrogen-bond donors (Lipinski definition) is 2. The van der Waals surface area contributed by atoms with Crippen molar-refractivity contribution in [1.82, 2.24) is 14.6 Å². The third-order valence-corrected chi connectivity index (χ3v) is 7.59. The zero-order chi connectivity index (χ0) is 25.4. The van der Waals surface area contributed by atoms with Gasteiger partial charge in [0.2, 0.25) is 10.0 Å². The smallest absolute Gasteiger partial charge is 0.254 e. The zero-order valence-electron chi connectivity index (χ0n) is 20.5. The van der Waals surface area contributed by atoms with Gasteiger partial charge in [0, 0.05) is 54.3 Å². The van der Waals surface area contributed by atoms with Crippen LogP contribution in [-0.2, 0) is 10.0 Å². The topological polar surface area (TPSA) is 101 Å². The predicted molar refractivity (Wildman–Crippen MR) is 137 cm³/mol. The van der Waals surface area contributed by atoms with Crippen molar-refractivity contribution in [2.45, 2.75) is 51.8 Å². The molecule has 1 heterocycles. The molecule has 1 aromatic carbocycles. The predicted octanol–water partition coefficient (Wildman–Crippen LogP) is 4.18. The summed E-state index contributed by atoms with van der Waals surface area (Å²) < 4.78 is 32.8. The lowest BCUT2D eigenvalue weighted by atomic mass is 10.1. The van der Waals surface area contributed by atoms with Crippen LogP contribution in [0.3, 0.4) is 0 Å². The molecule has 188 valence electrons. The van der Waals surface area contributed by atoms with Crippen molar-refractivity contribution in [3.63, 3.8) is 0 Å². The molecule has 0 aliphatic rings. The normalized spacial score (nSPS) is 12.0. The average molecular weight is 511 g/mol. The SMILES string of the molecule is CCCNS(=O)(=O)C(C)(C)CN(C(=O)c1cc(Cl)cc(OCCNc2ccncc2)c1)C(C)C. The van der Waals surface area contributed by atoms with Gasteiger partial charge in [-0.05, 0) is 64.4 Å². The van der Waals surface area contributed by atoms with Crippen molar-refractivity contribution in [2.75, 3.05) is 31.6 Å². The number of ether oxygens (including phenoxy) is 1.